The topological polar surface area (TPSA) is 136 Å². The minimum Gasteiger partial charge on any atom is -0.379 e. The van der Waals surface area contributed by atoms with E-state index < -0.39 is 20.2 Å². The van der Waals surface area contributed by atoms with Gasteiger partial charge in [0.05, 0.1) is 49.4 Å². The maximum atomic E-state index is 11.4. The molecule has 2 N–H and O–H groups in total. The summed E-state index contributed by atoms with van der Waals surface area (Å²) < 4.78 is 80.8. The predicted molar refractivity (Wildman–Crippen MR) is 122 cm³/mol. The molecule has 0 unspecified atom stereocenters. The Morgan fingerprint density at radius 3 is 1.27 bits per heavy atom. The Morgan fingerprint density at radius 1 is 0.606 bits per heavy atom. The first-order chi connectivity index (χ1) is 15.5. The third-order valence-electron chi connectivity index (χ3n) is 4.76. The second-order valence-electron chi connectivity index (χ2n) is 7.51. The van der Waals surface area contributed by atoms with Gasteiger partial charge < -0.3 is 14.2 Å². The van der Waals surface area contributed by atoms with Crippen molar-refractivity contribution in [2.45, 2.75) is 36.5 Å². The molecule has 0 amide bonds. The highest BCUT2D eigenvalue weighted by Crippen LogP contribution is 2.19. The van der Waals surface area contributed by atoms with Gasteiger partial charge in [-0.1, -0.05) is 35.4 Å². The molecule has 0 aliphatic rings. The summed E-state index contributed by atoms with van der Waals surface area (Å²) >= 11 is 0. The van der Waals surface area contributed by atoms with Gasteiger partial charge in [-0.15, -0.1) is 0 Å². The molecule has 0 atom stereocenters. The number of hydrogen-bond donors (Lipinski definition) is 2. The van der Waals surface area contributed by atoms with Gasteiger partial charge in [-0.2, -0.15) is 16.8 Å². The van der Waals surface area contributed by atoms with Gasteiger partial charge in [0.1, 0.15) is 0 Å². The Labute approximate surface area is 195 Å². The van der Waals surface area contributed by atoms with Crippen LogP contribution in [0.4, 0.5) is 0 Å². The van der Waals surface area contributed by atoms with Gasteiger partial charge in [-0.25, -0.2) is 0 Å². The molecular weight excluding hydrogens is 472 g/mol. The van der Waals surface area contributed by atoms with Crippen LogP contribution in [0.1, 0.15) is 22.3 Å². The van der Waals surface area contributed by atoms with Crippen molar-refractivity contribution in [3.63, 3.8) is 0 Å². The minimum absolute atomic E-state index is 0.112. The summed E-state index contributed by atoms with van der Waals surface area (Å²) in [6.07, 6.45) is 0.675. The van der Waals surface area contributed by atoms with Crippen LogP contribution in [-0.4, -0.2) is 65.6 Å². The minimum atomic E-state index is -4.28. The molecule has 0 spiro atoms. The van der Waals surface area contributed by atoms with Gasteiger partial charge in [0.2, 0.25) is 0 Å². The largest absolute Gasteiger partial charge is 0.379 e. The van der Waals surface area contributed by atoms with Gasteiger partial charge in [0, 0.05) is 0 Å². The maximum absolute atomic E-state index is 11.4. The quantitative estimate of drug-likeness (QED) is 0.295. The van der Waals surface area contributed by atoms with Crippen molar-refractivity contribution < 1.29 is 40.2 Å². The molecular formula is C22H30O9S2. The normalized spacial score (nSPS) is 12.2. The monoisotopic (exact) mass is 502 g/mol. The molecule has 184 valence electrons. The number of rotatable bonds is 14. The number of benzene rings is 2. The zero-order valence-electron chi connectivity index (χ0n) is 18.7. The smallest absolute Gasteiger partial charge is 0.294 e. The molecule has 0 aromatic heterocycles. The van der Waals surface area contributed by atoms with Gasteiger partial charge >= 0.3 is 0 Å². The van der Waals surface area contributed by atoms with Crippen LogP contribution in [-0.2, 0) is 47.3 Å². The molecule has 2 aromatic carbocycles. The Bertz CT molecular complexity index is 1040. The van der Waals surface area contributed by atoms with Crippen molar-refractivity contribution in [3.05, 3.63) is 58.7 Å². The van der Waals surface area contributed by atoms with Crippen LogP contribution < -0.4 is 0 Å². The first-order valence-electron chi connectivity index (χ1n) is 10.4. The molecule has 0 radical (unpaired) electrons. The van der Waals surface area contributed by atoms with Crippen molar-refractivity contribution in [1.29, 1.82) is 0 Å². The molecule has 0 bridgehead atoms. The van der Waals surface area contributed by atoms with E-state index in [1.54, 1.807) is 24.3 Å². The maximum Gasteiger partial charge on any atom is 0.294 e. The molecule has 0 fully saturated rings. The van der Waals surface area contributed by atoms with Crippen LogP contribution in [0, 0.1) is 13.8 Å². The fourth-order valence-electron chi connectivity index (χ4n) is 3.22. The lowest BCUT2D eigenvalue weighted by atomic mass is 10.1. The first kappa shape index (κ1) is 27.4. The summed E-state index contributed by atoms with van der Waals surface area (Å²) in [6, 6.07) is 9.42. The molecule has 0 saturated carbocycles. The third kappa shape index (κ3) is 9.49. The summed E-state index contributed by atoms with van der Waals surface area (Å²) in [7, 11) is -8.56. The van der Waals surface area contributed by atoms with E-state index in [1.807, 2.05) is 13.8 Å². The van der Waals surface area contributed by atoms with E-state index in [0.717, 1.165) is 11.1 Å². The molecule has 9 nitrogen and oxygen atoms in total. The highest BCUT2D eigenvalue weighted by Gasteiger charge is 2.16. The Hall–Kier alpha value is -1.86. The van der Waals surface area contributed by atoms with Crippen LogP contribution in [0.3, 0.4) is 0 Å². The van der Waals surface area contributed by atoms with Crippen LogP contribution in [0.5, 0.6) is 0 Å². The number of aryl methyl sites for hydroxylation is 2. The fourth-order valence-corrected chi connectivity index (χ4v) is 4.68. The number of hydrogen-bond acceptors (Lipinski definition) is 7. The second kappa shape index (κ2) is 12.6. The van der Waals surface area contributed by atoms with Crippen molar-refractivity contribution in [3.8, 4) is 0 Å². The molecule has 11 heteroatoms. The summed E-state index contributed by atoms with van der Waals surface area (Å²) in [6.45, 7) is 5.50. The van der Waals surface area contributed by atoms with Crippen LogP contribution in [0.2, 0.25) is 0 Å². The molecule has 2 rings (SSSR count). The van der Waals surface area contributed by atoms with Crippen LogP contribution in [0.15, 0.2) is 46.2 Å². The highest BCUT2D eigenvalue weighted by atomic mass is 32.2. The fraction of sp³-hybridized carbons (Fsp3) is 0.455. The summed E-state index contributed by atoms with van der Waals surface area (Å²) in [4.78, 5) is -0.223. The zero-order chi connectivity index (χ0) is 24.5. The number of ether oxygens (including phenoxy) is 3. The van der Waals surface area contributed by atoms with E-state index in [-0.39, 0.29) is 23.0 Å². The summed E-state index contributed by atoms with van der Waals surface area (Å²) in [5.41, 5.74) is 2.77. The molecule has 33 heavy (non-hydrogen) atoms. The molecule has 0 aliphatic heterocycles. The predicted octanol–water partition coefficient (Wildman–Crippen LogP) is 2.63. The lowest BCUT2D eigenvalue weighted by Gasteiger charge is -2.10. The Morgan fingerprint density at radius 2 is 0.939 bits per heavy atom. The lowest BCUT2D eigenvalue weighted by Crippen LogP contribution is -2.12. The lowest BCUT2D eigenvalue weighted by molar-refractivity contribution is 0.0155. The van der Waals surface area contributed by atoms with Crippen molar-refractivity contribution in [2.75, 3.05) is 39.6 Å². The SMILES string of the molecule is Cc1ccc(S(=O)(=O)O)c(CCOCCOCCOCCc2cc(C)ccc2S(=O)(=O)O)c1. The van der Waals surface area contributed by atoms with Gasteiger partial charge in [0.15, 0.2) is 0 Å². The Kier molecular flexibility index (Phi) is 10.4. The average Bonchev–Trinajstić information content (AvgIpc) is 2.70. The van der Waals surface area contributed by atoms with Crippen molar-refractivity contribution in [1.82, 2.24) is 0 Å². The second-order valence-corrected chi connectivity index (χ2v) is 10.3. The molecule has 0 saturated heterocycles. The van der Waals surface area contributed by atoms with Crippen LogP contribution in [0.25, 0.3) is 0 Å². The standard InChI is InChI=1S/C22H30O9S2/c1-17-3-5-21(32(23,24)25)19(15-17)7-9-29-11-13-31-14-12-30-10-8-20-16-18(2)4-6-22(20)33(26,27)28/h3-6,15-16H,7-14H2,1-2H3,(H,23,24,25)(H,26,27,28). The summed E-state index contributed by atoms with van der Waals surface area (Å²) in [5, 5.41) is 0. The van der Waals surface area contributed by atoms with E-state index in [2.05, 4.69) is 0 Å². The molecule has 2 aromatic rings. The van der Waals surface area contributed by atoms with Crippen molar-refractivity contribution in [2.24, 2.45) is 0 Å². The van der Waals surface area contributed by atoms with Gasteiger partial charge in [-0.3, -0.25) is 9.11 Å². The van der Waals surface area contributed by atoms with E-state index in [0.29, 0.717) is 50.4 Å². The zero-order valence-corrected chi connectivity index (χ0v) is 20.3. The first-order valence-corrected chi connectivity index (χ1v) is 13.2. The van der Waals surface area contributed by atoms with E-state index in [4.69, 9.17) is 14.2 Å². The molecule has 0 aliphatic carbocycles. The Balaban J connectivity index is 1.60. The summed E-state index contributed by atoms with van der Waals surface area (Å²) in [5.74, 6) is 0. The van der Waals surface area contributed by atoms with Crippen LogP contribution >= 0.6 is 0 Å². The van der Waals surface area contributed by atoms with Crippen molar-refractivity contribution >= 4 is 20.2 Å². The third-order valence-corrected chi connectivity index (χ3v) is 6.67. The average molecular weight is 503 g/mol. The molecule has 0 heterocycles. The van der Waals surface area contributed by atoms with Gasteiger partial charge in [-0.05, 0) is 49.9 Å². The van der Waals surface area contributed by atoms with E-state index in [9.17, 15) is 25.9 Å². The van der Waals surface area contributed by atoms with Gasteiger partial charge in [0.25, 0.3) is 20.2 Å². The van der Waals surface area contributed by atoms with E-state index in [1.165, 1.54) is 12.1 Å². The highest BCUT2D eigenvalue weighted by molar-refractivity contribution is 7.86. The van der Waals surface area contributed by atoms with E-state index >= 15 is 0 Å².